The number of carbonyl (C=O) groups excluding carboxylic acids is 1. The third-order valence-electron chi connectivity index (χ3n) is 4.46. The van der Waals surface area contributed by atoms with Gasteiger partial charge in [0.2, 0.25) is 5.91 Å². The third kappa shape index (κ3) is 2.63. The molecule has 1 aliphatic carbocycles. The number of aromatic nitrogens is 3. The summed E-state index contributed by atoms with van der Waals surface area (Å²) < 4.78 is 6.29. The van der Waals surface area contributed by atoms with E-state index in [0.29, 0.717) is 11.1 Å². The number of hydrogen-bond acceptors (Lipinski definition) is 5. The van der Waals surface area contributed by atoms with Crippen molar-refractivity contribution in [3.8, 4) is 0 Å². The second kappa shape index (κ2) is 5.90. The Balaban J connectivity index is 1.80. The molecule has 0 saturated heterocycles. The molecule has 2 heterocycles. The summed E-state index contributed by atoms with van der Waals surface area (Å²) >= 11 is 0. The van der Waals surface area contributed by atoms with E-state index in [2.05, 4.69) is 10.1 Å². The van der Waals surface area contributed by atoms with Gasteiger partial charge in [-0.05, 0) is 19.8 Å². The molecule has 2 aromatic heterocycles. The molecule has 22 heavy (non-hydrogen) atoms. The topological polar surface area (TPSA) is 81.2 Å². The smallest absolute Gasteiger partial charge is 0.267 e. The van der Waals surface area contributed by atoms with Crippen LogP contribution in [-0.4, -0.2) is 38.6 Å². The summed E-state index contributed by atoms with van der Waals surface area (Å²) in [6.07, 6.45) is 7.00. The van der Waals surface area contributed by atoms with Crippen LogP contribution in [0.3, 0.4) is 0 Å². The van der Waals surface area contributed by atoms with Gasteiger partial charge in [0.25, 0.3) is 11.3 Å². The first kappa shape index (κ1) is 14.7. The van der Waals surface area contributed by atoms with E-state index in [1.165, 1.54) is 17.3 Å². The number of fused-ring (bicyclic) bond motifs is 1. The van der Waals surface area contributed by atoms with Crippen LogP contribution in [0.4, 0.5) is 0 Å². The lowest BCUT2D eigenvalue weighted by Crippen LogP contribution is -2.41. The summed E-state index contributed by atoms with van der Waals surface area (Å²) in [5, 5.41) is 4.08. The summed E-state index contributed by atoms with van der Waals surface area (Å²) in [6, 6.07) is 0.283. The molecule has 0 aliphatic heterocycles. The molecule has 0 radical (unpaired) electrons. The molecule has 0 aromatic carbocycles. The van der Waals surface area contributed by atoms with Crippen molar-refractivity contribution in [1.29, 1.82) is 0 Å². The van der Waals surface area contributed by atoms with Crippen LogP contribution in [0.25, 0.3) is 11.1 Å². The van der Waals surface area contributed by atoms with Gasteiger partial charge in [-0.25, -0.2) is 4.98 Å². The molecular weight excluding hydrogens is 284 g/mol. The maximum atomic E-state index is 12.4. The van der Waals surface area contributed by atoms with Gasteiger partial charge in [0.15, 0.2) is 0 Å². The number of aryl methyl sites for hydroxylation is 1. The van der Waals surface area contributed by atoms with E-state index in [1.807, 2.05) is 7.05 Å². The fourth-order valence-electron chi connectivity index (χ4n) is 3.05. The van der Waals surface area contributed by atoms with Crippen LogP contribution in [0.1, 0.15) is 37.8 Å². The van der Waals surface area contributed by atoms with Crippen molar-refractivity contribution < 1.29 is 9.32 Å². The Bertz CT molecular complexity index is 743. The molecule has 0 unspecified atom stereocenters. The van der Waals surface area contributed by atoms with Gasteiger partial charge in [-0.3, -0.25) is 14.2 Å². The Hall–Kier alpha value is -2.18. The van der Waals surface area contributed by atoms with E-state index in [-0.39, 0.29) is 29.8 Å². The molecule has 7 heteroatoms. The normalized spacial score (nSPS) is 16.1. The third-order valence-corrected chi connectivity index (χ3v) is 4.46. The van der Waals surface area contributed by atoms with E-state index in [9.17, 15) is 9.59 Å². The van der Waals surface area contributed by atoms with Crippen molar-refractivity contribution in [3.05, 3.63) is 22.4 Å². The Labute approximate surface area is 127 Å². The van der Waals surface area contributed by atoms with Gasteiger partial charge < -0.3 is 9.42 Å². The monoisotopic (exact) mass is 304 g/mol. The summed E-state index contributed by atoms with van der Waals surface area (Å²) in [4.78, 5) is 30.6. The van der Waals surface area contributed by atoms with Crippen LogP contribution >= 0.6 is 0 Å². The molecular formula is C15H20N4O3. The van der Waals surface area contributed by atoms with Gasteiger partial charge >= 0.3 is 0 Å². The highest BCUT2D eigenvalue weighted by molar-refractivity contribution is 5.77. The molecule has 7 nitrogen and oxygen atoms in total. The van der Waals surface area contributed by atoms with Gasteiger partial charge in [0.1, 0.15) is 18.3 Å². The van der Waals surface area contributed by atoms with Crippen molar-refractivity contribution in [1.82, 2.24) is 19.6 Å². The lowest BCUT2D eigenvalue weighted by Gasteiger charge is -2.31. The molecule has 1 fully saturated rings. The summed E-state index contributed by atoms with van der Waals surface area (Å²) in [6.45, 7) is 1.69. The lowest BCUT2D eigenvalue weighted by molar-refractivity contribution is -0.133. The van der Waals surface area contributed by atoms with Crippen molar-refractivity contribution in [2.45, 2.75) is 51.6 Å². The standard InChI is InChI=1S/C15H20N4O3/c1-10-13-14(22-17-10)16-9-19(15(13)21)8-12(20)18(2)11-6-4-3-5-7-11/h9,11H,3-8H2,1-2H3. The van der Waals surface area contributed by atoms with Gasteiger partial charge in [-0.2, -0.15) is 0 Å². The minimum absolute atomic E-state index is 0.000602. The molecule has 0 bridgehead atoms. The Morgan fingerprint density at radius 1 is 1.41 bits per heavy atom. The number of nitrogens with zero attached hydrogens (tertiary/aromatic N) is 4. The Morgan fingerprint density at radius 2 is 2.14 bits per heavy atom. The number of carbonyl (C=O) groups is 1. The zero-order valence-electron chi connectivity index (χ0n) is 12.9. The quantitative estimate of drug-likeness (QED) is 0.858. The molecule has 118 valence electrons. The van der Waals surface area contributed by atoms with Crippen molar-refractivity contribution in [2.24, 2.45) is 0 Å². The zero-order chi connectivity index (χ0) is 15.7. The molecule has 1 amide bonds. The van der Waals surface area contributed by atoms with Crippen LogP contribution in [0.5, 0.6) is 0 Å². The first-order valence-corrected chi connectivity index (χ1v) is 7.65. The van der Waals surface area contributed by atoms with E-state index < -0.39 is 0 Å². The molecule has 2 aromatic rings. The predicted octanol–water partition coefficient (Wildman–Crippen LogP) is 1.48. The highest BCUT2D eigenvalue weighted by atomic mass is 16.5. The molecule has 0 atom stereocenters. The van der Waals surface area contributed by atoms with E-state index in [4.69, 9.17) is 4.52 Å². The second-order valence-corrected chi connectivity index (χ2v) is 5.92. The number of likely N-dealkylation sites (N-methyl/N-ethyl adjacent to an activating group) is 1. The van der Waals surface area contributed by atoms with E-state index >= 15 is 0 Å². The van der Waals surface area contributed by atoms with Crippen molar-refractivity contribution in [3.63, 3.8) is 0 Å². The zero-order valence-corrected chi connectivity index (χ0v) is 12.9. The molecule has 1 saturated carbocycles. The largest absolute Gasteiger partial charge is 0.341 e. The number of amides is 1. The molecule has 0 N–H and O–H groups in total. The Morgan fingerprint density at radius 3 is 2.86 bits per heavy atom. The van der Waals surface area contributed by atoms with Crippen molar-refractivity contribution in [2.75, 3.05) is 7.05 Å². The predicted molar refractivity (Wildman–Crippen MR) is 80.4 cm³/mol. The molecule has 1 aliphatic rings. The summed E-state index contributed by atoms with van der Waals surface area (Å²) in [5.41, 5.74) is 0.427. The van der Waals surface area contributed by atoms with Crippen LogP contribution in [0, 0.1) is 6.92 Å². The van der Waals surface area contributed by atoms with Gasteiger partial charge in [-0.1, -0.05) is 24.4 Å². The van der Waals surface area contributed by atoms with Crippen molar-refractivity contribution >= 4 is 17.0 Å². The first-order chi connectivity index (χ1) is 10.6. The number of hydrogen-bond donors (Lipinski definition) is 0. The van der Waals surface area contributed by atoms with E-state index in [1.54, 1.807) is 11.8 Å². The minimum atomic E-state index is -0.283. The van der Waals surface area contributed by atoms with Crippen LogP contribution < -0.4 is 5.56 Å². The fourth-order valence-corrected chi connectivity index (χ4v) is 3.05. The van der Waals surface area contributed by atoms with E-state index in [0.717, 1.165) is 25.7 Å². The van der Waals surface area contributed by atoms with Gasteiger partial charge in [0, 0.05) is 13.1 Å². The number of rotatable bonds is 3. The van der Waals surface area contributed by atoms with Crippen LogP contribution in [0.2, 0.25) is 0 Å². The van der Waals surface area contributed by atoms with Crippen LogP contribution in [0.15, 0.2) is 15.6 Å². The highest BCUT2D eigenvalue weighted by Crippen LogP contribution is 2.21. The maximum Gasteiger partial charge on any atom is 0.267 e. The second-order valence-electron chi connectivity index (χ2n) is 5.92. The summed E-state index contributed by atoms with van der Waals surface area (Å²) in [7, 11) is 1.82. The fraction of sp³-hybridized carbons (Fsp3) is 0.600. The molecule has 3 rings (SSSR count). The average Bonchev–Trinajstić information content (AvgIpc) is 2.92. The molecule has 0 spiro atoms. The van der Waals surface area contributed by atoms with Gasteiger partial charge in [-0.15, -0.1) is 0 Å². The van der Waals surface area contributed by atoms with Gasteiger partial charge in [0.05, 0.1) is 5.69 Å². The summed E-state index contributed by atoms with van der Waals surface area (Å²) in [5.74, 6) is -0.0655. The highest BCUT2D eigenvalue weighted by Gasteiger charge is 2.23. The SMILES string of the molecule is Cc1noc2ncn(CC(=O)N(C)C3CCCCC3)c(=O)c12. The Kier molecular flexibility index (Phi) is 3.96. The minimum Gasteiger partial charge on any atom is -0.341 e. The maximum absolute atomic E-state index is 12.4. The average molecular weight is 304 g/mol. The lowest BCUT2D eigenvalue weighted by atomic mass is 9.94. The first-order valence-electron chi connectivity index (χ1n) is 7.65. The van der Waals surface area contributed by atoms with Crippen LogP contribution in [-0.2, 0) is 11.3 Å².